The zero-order valence-electron chi connectivity index (χ0n) is 14.7. The summed E-state index contributed by atoms with van der Waals surface area (Å²) >= 11 is 0. The summed E-state index contributed by atoms with van der Waals surface area (Å²) in [4.78, 5) is 12.3. The lowest BCUT2D eigenvalue weighted by Gasteiger charge is -2.36. The molecule has 4 heteroatoms. The maximum Gasteiger partial charge on any atom is 0.192 e. The highest BCUT2D eigenvalue weighted by atomic mass is 28.4. The Bertz CT molecular complexity index is 477. The first kappa shape index (κ1) is 19.1. The van der Waals surface area contributed by atoms with Crippen LogP contribution in [0.15, 0.2) is 30.3 Å². The van der Waals surface area contributed by atoms with Crippen molar-refractivity contribution in [2.24, 2.45) is 5.92 Å². The minimum atomic E-state index is -1.83. The predicted octanol–water partition coefficient (Wildman–Crippen LogP) is 4.34. The Morgan fingerprint density at radius 3 is 2.27 bits per heavy atom. The van der Waals surface area contributed by atoms with E-state index in [2.05, 4.69) is 33.9 Å². The van der Waals surface area contributed by atoms with Gasteiger partial charge in [0.2, 0.25) is 0 Å². The molecule has 0 radical (unpaired) electrons. The first-order chi connectivity index (χ1) is 10.0. The van der Waals surface area contributed by atoms with Crippen molar-refractivity contribution in [3.8, 4) is 0 Å². The van der Waals surface area contributed by atoms with Crippen molar-refractivity contribution < 1.29 is 14.3 Å². The number of hydrogen-bond acceptors (Lipinski definition) is 3. The van der Waals surface area contributed by atoms with Gasteiger partial charge < -0.3 is 9.53 Å². The van der Waals surface area contributed by atoms with Crippen LogP contribution in [-0.4, -0.2) is 25.8 Å². The number of aliphatic hydroxyl groups excluding tert-OH is 1. The maximum atomic E-state index is 12.3. The summed E-state index contributed by atoms with van der Waals surface area (Å²) in [6, 6.07) is 9.32. The number of aliphatic hydroxyl groups is 1. The van der Waals surface area contributed by atoms with Crippen molar-refractivity contribution in [3.05, 3.63) is 35.9 Å². The van der Waals surface area contributed by atoms with Crippen LogP contribution in [-0.2, 0) is 9.22 Å². The van der Waals surface area contributed by atoms with Crippen molar-refractivity contribution in [1.82, 2.24) is 0 Å². The standard InChI is InChI=1S/C18H30O3Si/c1-14(13-21-22(5,6)18(2,3)4)16(19)12-17(20)15-10-8-7-9-11-15/h7-11,14,17,20H,12-13H2,1-6H3/t14-,17-/m0/s1. The van der Waals surface area contributed by atoms with E-state index < -0.39 is 14.4 Å². The van der Waals surface area contributed by atoms with Crippen LogP contribution >= 0.6 is 0 Å². The van der Waals surface area contributed by atoms with Gasteiger partial charge in [-0.3, -0.25) is 4.79 Å². The third-order valence-corrected chi connectivity index (χ3v) is 9.13. The van der Waals surface area contributed by atoms with Crippen LogP contribution in [0.25, 0.3) is 0 Å². The largest absolute Gasteiger partial charge is 0.416 e. The van der Waals surface area contributed by atoms with Gasteiger partial charge in [0.15, 0.2) is 8.32 Å². The van der Waals surface area contributed by atoms with E-state index in [1.54, 1.807) is 0 Å². The average molecular weight is 323 g/mol. The molecule has 1 aromatic carbocycles. The van der Waals surface area contributed by atoms with Gasteiger partial charge >= 0.3 is 0 Å². The molecule has 1 aromatic rings. The van der Waals surface area contributed by atoms with Gasteiger partial charge in [-0.05, 0) is 23.7 Å². The molecule has 0 bridgehead atoms. The molecular formula is C18H30O3Si. The minimum Gasteiger partial charge on any atom is -0.416 e. The summed E-state index contributed by atoms with van der Waals surface area (Å²) in [5.74, 6) is -0.137. The topological polar surface area (TPSA) is 46.5 Å². The lowest BCUT2D eigenvalue weighted by Crippen LogP contribution is -2.42. The molecule has 0 heterocycles. The lowest BCUT2D eigenvalue weighted by atomic mass is 9.98. The highest BCUT2D eigenvalue weighted by molar-refractivity contribution is 6.74. The van der Waals surface area contributed by atoms with Gasteiger partial charge in [-0.25, -0.2) is 0 Å². The van der Waals surface area contributed by atoms with Crippen LogP contribution < -0.4 is 0 Å². The monoisotopic (exact) mass is 322 g/mol. The van der Waals surface area contributed by atoms with Gasteiger partial charge in [-0.15, -0.1) is 0 Å². The third kappa shape index (κ3) is 5.34. The summed E-state index contributed by atoms with van der Waals surface area (Å²) in [5.41, 5.74) is 0.786. The SMILES string of the molecule is C[C@@H](CO[Si](C)(C)C(C)(C)C)C(=O)C[C@H](O)c1ccccc1. The van der Waals surface area contributed by atoms with E-state index in [1.807, 2.05) is 37.3 Å². The molecule has 0 aromatic heterocycles. The van der Waals surface area contributed by atoms with E-state index in [4.69, 9.17) is 4.43 Å². The molecule has 124 valence electrons. The number of rotatable bonds is 7. The molecule has 0 aliphatic heterocycles. The summed E-state index contributed by atoms with van der Waals surface area (Å²) < 4.78 is 6.10. The second-order valence-corrected chi connectivity index (χ2v) is 12.4. The van der Waals surface area contributed by atoms with E-state index in [0.717, 1.165) is 5.56 Å². The van der Waals surface area contributed by atoms with Crippen molar-refractivity contribution >= 4 is 14.1 Å². The van der Waals surface area contributed by atoms with Gasteiger partial charge in [0.1, 0.15) is 5.78 Å². The van der Waals surface area contributed by atoms with Crippen LogP contribution in [0.2, 0.25) is 18.1 Å². The van der Waals surface area contributed by atoms with E-state index >= 15 is 0 Å². The molecule has 3 nitrogen and oxygen atoms in total. The number of hydrogen-bond donors (Lipinski definition) is 1. The van der Waals surface area contributed by atoms with E-state index in [9.17, 15) is 9.90 Å². The van der Waals surface area contributed by atoms with Crippen LogP contribution in [0.1, 0.15) is 45.8 Å². The fourth-order valence-electron chi connectivity index (χ4n) is 1.83. The molecule has 0 saturated carbocycles. The van der Waals surface area contributed by atoms with Crippen LogP contribution in [0.3, 0.4) is 0 Å². The molecule has 0 spiro atoms. The van der Waals surface area contributed by atoms with Gasteiger partial charge in [0.05, 0.1) is 6.10 Å². The third-order valence-electron chi connectivity index (χ3n) is 4.63. The fraction of sp³-hybridized carbons (Fsp3) is 0.611. The second-order valence-electron chi connectivity index (χ2n) is 7.57. The molecule has 2 atom stereocenters. The molecule has 22 heavy (non-hydrogen) atoms. The molecular weight excluding hydrogens is 292 g/mol. The van der Waals surface area contributed by atoms with Gasteiger partial charge in [0.25, 0.3) is 0 Å². The number of ketones is 1. The summed E-state index contributed by atoms with van der Waals surface area (Å²) in [7, 11) is -1.83. The van der Waals surface area contributed by atoms with E-state index in [0.29, 0.717) is 6.61 Å². The van der Waals surface area contributed by atoms with Crippen molar-refractivity contribution in [1.29, 1.82) is 0 Å². The van der Waals surface area contributed by atoms with Gasteiger partial charge in [-0.1, -0.05) is 58.0 Å². The lowest BCUT2D eigenvalue weighted by molar-refractivity contribution is -0.125. The molecule has 0 amide bonds. The Hall–Kier alpha value is -0.973. The summed E-state index contributed by atoms with van der Waals surface area (Å²) in [5, 5.41) is 10.3. The van der Waals surface area contributed by atoms with Crippen molar-refractivity contribution in [2.75, 3.05) is 6.61 Å². The van der Waals surface area contributed by atoms with Crippen LogP contribution in [0, 0.1) is 5.92 Å². The number of carbonyl (C=O) groups excluding carboxylic acids is 1. The molecule has 0 fully saturated rings. The maximum absolute atomic E-state index is 12.3. The smallest absolute Gasteiger partial charge is 0.192 e. The normalized spacial score (nSPS) is 15.4. The zero-order valence-corrected chi connectivity index (χ0v) is 15.7. The quantitative estimate of drug-likeness (QED) is 0.760. The second kappa shape index (κ2) is 7.53. The first-order valence-electron chi connectivity index (χ1n) is 7.94. The van der Waals surface area contributed by atoms with Crippen LogP contribution in [0.5, 0.6) is 0 Å². The van der Waals surface area contributed by atoms with Crippen molar-refractivity contribution in [3.63, 3.8) is 0 Å². The van der Waals surface area contributed by atoms with E-state index in [-0.39, 0.29) is 23.2 Å². The Labute approximate surface area is 135 Å². The molecule has 1 N–H and O–H groups in total. The highest BCUT2D eigenvalue weighted by Crippen LogP contribution is 2.36. The number of benzene rings is 1. The van der Waals surface area contributed by atoms with Crippen LogP contribution in [0.4, 0.5) is 0 Å². The molecule has 1 rings (SSSR count). The number of carbonyl (C=O) groups is 1. The summed E-state index contributed by atoms with van der Waals surface area (Å²) in [6.07, 6.45) is -0.588. The van der Waals surface area contributed by atoms with Gasteiger partial charge in [0, 0.05) is 18.9 Å². The highest BCUT2D eigenvalue weighted by Gasteiger charge is 2.37. The number of Topliss-reactive ketones (excluding diaryl/α,β-unsaturated/α-hetero) is 1. The van der Waals surface area contributed by atoms with Gasteiger partial charge in [-0.2, -0.15) is 0 Å². The predicted molar refractivity (Wildman–Crippen MR) is 93.3 cm³/mol. The Morgan fingerprint density at radius 2 is 1.77 bits per heavy atom. The minimum absolute atomic E-state index is 0.0510. The molecule has 0 saturated heterocycles. The molecule has 0 aliphatic carbocycles. The van der Waals surface area contributed by atoms with Crippen molar-refractivity contribution in [2.45, 2.75) is 58.4 Å². The zero-order chi connectivity index (χ0) is 17.0. The van der Waals surface area contributed by atoms with E-state index in [1.165, 1.54) is 0 Å². The fourth-order valence-corrected chi connectivity index (χ4v) is 2.93. The Balaban J connectivity index is 2.52. The molecule has 0 aliphatic rings. The summed E-state index contributed by atoms with van der Waals surface area (Å²) in [6.45, 7) is 13.2. The Kier molecular flexibility index (Phi) is 6.53. The molecule has 0 unspecified atom stereocenters. The Morgan fingerprint density at radius 1 is 1.23 bits per heavy atom. The first-order valence-corrected chi connectivity index (χ1v) is 10.8. The average Bonchev–Trinajstić information content (AvgIpc) is 2.44.